The molecule has 2 aliphatic rings. The lowest BCUT2D eigenvalue weighted by atomic mass is 10.0. The summed E-state index contributed by atoms with van der Waals surface area (Å²) in [7, 11) is 0. The van der Waals surface area contributed by atoms with Gasteiger partial charge in [0.15, 0.2) is 17.5 Å². The molecule has 1 saturated heterocycles. The molecule has 15 heteroatoms. The number of β-lactam (4-membered cyclic amide) rings is 1. The Balaban J connectivity index is 1.51. The van der Waals surface area contributed by atoms with E-state index in [1.165, 1.54) is 40.6 Å². The van der Waals surface area contributed by atoms with Gasteiger partial charge >= 0.3 is 5.97 Å². The number of rotatable bonds is 11. The SMILES string of the molecule is CC(=O)N(CCCNC(=N)N)C1C(=O)N2C(C(=O)O)=C(COc3cc(Cl)ccc3Oc3ccc(Cl)cc3Cl)CS[C@@H]12. The van der Waals surface area contributed by atoms with Gasteiger partial charge in [-0.15, -0.1) is 11.8 Å². The van der Waals surface area contributed by atoms with E-state index in [0.717, 1.165) is 0 Å². The first kappa shape index (κ1) is 30.6. The Kier molecular flexibility index (Phi) is 9.80. The number of amides is 2. The Bertz CT molecular complexity index is 1420. The van der Waals surface area contributed by atoms with Gasteiger partial charge in [-0.3, -0.25) is 19.9 Å². The molecule has 1 unspecified atom stereocenters. The number of benzene rings is 2. The molecule has 2 amide bonds. The summed E-state index contributed by atoms with van der Waals surface area (Å²) in [5.74, 6) is -1.16. The van der Waals surface area contributed by atoms with Crippen molar-refractivity contribution in [3.8, 4) is 17.2 Å². The number of carbonyl (C=O) groups excluding carboxylic acids is 2. The number of carboxylic acids is 1. The van der Waals surface area contributed by atoms with Crippen LogP contribution in [0.2, 0.25) is 15.1 Å². The number of ether oxygens (including phenoxy) is 2. The van der Waals surface area contributed by atoms with Gasteiger partial charge in [-0.1, -0.05) is 34.8 Å². The van der Waals surface area contributed by atoms with E-state index in [9.17, 15) is 19.5 Å². The van der Waals surface area contributed by atoms with Gasteiger partial charge in [0.25, 0.3) is 5.91 Å². The lowest BCUT2D eigenvalue weighted by Gasteiger charge is -2.52. The normalized spacial score (nSPS) is 17.9. The van der Waals surface area contributed by atoms with E-state index >= 15 is 0 Å². The highest BCUT2D eigenvalue weighted by Gasteiger charge is 2.56. The first-order valence-electron chi connectivity index (χ1n) is 12.3. The second-order valence-corrected chi connectivity index (χ2v) is 11.5. The van der Waals surface area contributed by atoms with Gasteiger partial charge in [-0.2, -0.15) is 0 Å². The third kappa shape index (κ3) is 6.95. The minimum absolute atomic E-state index is 0.159. The number of fused-ring (bicyclic) bond motifs is 1. The van der Waals surface area contributed by atoms with Crippen LogP contribution in [0.15, 0.2) is 47.7 Å². The zero-order chi connectivity index (χ0) is 29.8. The van der Waals surface area contributed by atoms with E-state index < -0.39 is 23.3 Å². The van der Waals surface area contributed by atoms with Crippen molar-refractivity contribution < 1.29 is 29.0 Å². The molecule has 41 heavy (non-hydrogen) atoms. The molecule has 2 heterocycles. The number of guanidine groups is 1. The number of nitrogens with zero attached hydrogens (tertiary/aromatic N) is 2. The van der Waals surface area contributed by atoms with Gasteiger partial charge in [-0.25, -0.2) is 4.79 Å². The first-order chi connectivity index (χ1) is 19.5. The predicted molar refractivity (Wildman–Crippen MR) is 157 cm³/mol. The standard InChI is InChI=1S/C26H26Cl3N5O6S/c1-13(35)33(8-2-7-32-26(30)31)22-23(36)34-21(25(37)38)14(12-41-24(22)34)11-39-20-10-16(28)4-6-19(20)40-18-5-3-15(27)9-17(18)29/h3-6,9-10,22,24H,2,7-8,11-12H2,1H3,(H,37,38)(H4,30,31,32)/t22?,24-/m0/s1. The minimum atomic E-state index is -1.28. The molecule has 218 valence electrons. The highest BCUT2D eigenvalue weighted by Crippen LogP contribution is 2.43. The summed E-state index contributed by atoms with van der Waals surface area (Å²) in [6.45, 7) is 1.79. The number of thioether (sulfide) groups is 1. The molecule has 2 aromatic carbocycles. The second-order valence-electron chi connectivity index (χ2n) is 9.07. The summed E-state index contributed by atoms with van der Waals surface area (Å²) in [5.41, 5.74) is 5.49. The number of carboxylic acid groups (broad SMARTS) is 1. The molecule has 11 nitrogen and oxygen atoms in total. The van der Waals surface area contributed by atoms with E-state index in [1.807, 2.05) is 0 Å². The van der Waals surface area contributed by atoms with E-state index in [-0.39, 0.29) is 53.0 Å². The van der Waals surface area contributed by atoms with Crippen LogP contribution in [-0.4, -0.2) is 75.5 Å². The van der Waals surface area contributed by atoms with Crippen LogP contribution in [0.3, 0.4) is 0 Å². The largest absolute Gasteiger partial charge is 0.485 e. The highest BCUT2D eigenvalue weighted by atomic mass is 35.5. The Morgan fingerprint density at radius 2 is 1.85 bits per heavy atom. The van der Waals surface area contributed by atoms with Crippen molar-refractivity contribution >= 4 is 70.3 Å². The Morgan fingerprint density at radius 3 is 2.49 bits per heavy atom. The van der Waals surface area contributed by atoms with Crippen molar-refractivity contribution in [2.75, 3.05) is 25.4 Å². The average Bonchev–Trinajstić information content (AvgIpc) is 2.90. The number of hydrogen-bond acceptors (Lipinski definition) is 7. The molecule has 2 atom stereocenters. The molecular formula is C26H26Cl3N5O6S. The van der Waals surface area contributed by atoms with Crippen molar-refractivity contribution in [2.45, 2.75) is 24.8 Å². The third-order valence-corrected chi connectivity index (χ3v) is 8.37. The fourth-order valence-corrected chi connectivity index (χ4v) is 6.42. The van der Waals surface area contributed by atoms with Crippen molar-refractivity contribution in [3.05, 3.63) is 62.7 Å². The quantitative estimate of drug-likeness (QED) is 0.122. The van der Waals surface area contributed by atoms with Crippen LogP contribution in [0.1, 0.15) is 13.3 Å². The lowest BCUT2D eigenvalue weighted by molar-refractivity contribution is -0.159. The summed E-state index contributed by atoms with van der Waals surface area (Å²) < 4.78 is 11.9. The Labute approximate surface area is 255 Å². The number of hydrogen-bond donors (Lipinski definition) is 4. The van der Waals surface area contributed by atoms with E-state index in [4.69, 9.17) is 55.4 Å². The Morgan fingerprint density at radius 1 is 1.17 bits per heavy atom. The summed E-state index contributed by atoms with van der Waals surface area (Å²) >= 11 is 19.7. The van der Waals surface area contributed by atoms with Gasteiger partial charge in [0.1, 0.15) is 29.5 Å². The van der Waals surface area contributed by atoms with Crippen LogP contribution in [0.5, 0.6) is 17.2 Å². The maximum Gasteiger partial charge on any atom is 0.352 e. The molecule has 2 aliphatic heterocycles. The third-order valence-electron chi connectivity index (χ3n) is 6.27. The van der Waals surface area contributed by atoms with Gasteiger partial charge in [0, 0.05) is 47.5 Å². The van der Waals surface area contributed by atoms with E-state index in [0.29, 0.717) is 34.3 Å². The topological polar surface area (TPSA) is 158 Å². The molecule has 5 N–H and O–H groups in total. The molecule has 0 aromatic heterocycles. The zero-order valence-electron chi connectivity index (χ0n) is 21.7. The number of nitrogens with one attached hydrogen (secondary N) is 2. The molecule has 0 radical (unpaired) electrons. The number of carbonyl (C=O) groups is 3. The van der Waals surface area contributed by atoms with Crippen molar-refractivity contribution in [1.82, 2.24) is 15.1 Å². The van der Waals surface area contributed by atoms with Crippen molar-refractivity contribution in [3.63, 3.8) is 0 Å². The Hall–Kier alpha value is -3.32. The van der Waals surface area contributed by atoms with E-state index in [2.05, 4.69) is 5.32 Å². The van der Waals surface area contributed by atoms with E-state index in [1.54, 1.807) is 24.3 Å². The monoisotopic (exact) mass is 641 g/mol. The first-order valence-corrected chi connectivity index (χ1v) is 14.5. The second kappa shape index (κ2) is 13.1. The summed E-state index contributed by atoms with van der Waals surface area (Å²) in [5, 5.41) is 20.5. The van der Waals surface area contributed by atoms with Gasteiger partial charge in [0.05, 0.1) is 5.02 Å². The van der Waals surface area contributed by atoms with Crippen LogP contribution in [0.25, 0.3) is 0 Å². The van der Waals surface area contributed by atoms with Crippen LogP contribution < -0.4 is 20.5 Å². The summed E-state index contributed by atoms with van der Waals surface area (Å²) in [6, 6.07) is 8.66. The van der Waals surface area contributed by atoms with Crippen LogP contribution in [-0.2, 0) is 14.4 Å². The maximum atomic E-state index is 13.2. The van der Waals surface area contributed by atoms with Crippen molar-refractivity contribution in [2.24, 2.45) is 5.73 Å². The molecule has 0 aliphatic carbocycles. The van der Waals surface area contributed by atoms with Crippen LogP contribution >= 0.6 is 46.6 Å². The average molecular weight is 643 g/mol. The highest BCUT2D eigenvalue weighted by molar-refractivity contribution is 8.00. The van der Waals surface area contributed by atoms with Crippen LogP contribution in [0, 0.1) is 5.41 Å². The molecule has 2 aromatic rings. The van der Waals surface area contributed by atoms with Gasteiger partial charge < -0.3 is 30.5 Å². The molecule has 1 fully saturated rings. The fraction of sp³-hybridized carbons (Fsp3) is 0.308. The summed E-state index contributed by atoms with van der Waals surface area (Å²) in [4.78, 5) is 40.5. The summed E-state index contributed by atoms with van der Waals surface area (Å²) in [6.07, 6.45) is 0.451. The predicted octanol–water partition coefficient (Wildman–Crippen LogP) is 4.16. The molecular weight excluding hydrogens is 617 g/mol. The smallest absolute Gasteiger partial charge is 0.352 e. The number of aliphatic carboxylic acids is 1. The fourth-order valence-electron chi connectivity index (χ4n) is 4.41. The van der Waals surface area contributed by atoms with Gasteiger partial charge in [-0.05, 0) is 36.8 Å². The van der Waals surface area contributed by atoms with Crippen molar-refractivity contribution in [1.29, 1.82) is 5.41 Å². The molecule has 0 bridgehead atoms. The lowest BCUT2D eigenvalue weighted by Crippen LogP contribution is -2.71. The molecule has 0 saturated carbocycles. The van der Waals surface area contributed by atoms with Crippen LogP contribution in [0.4, 0.5) is 0 Å². The minimum Gasteiger partial charge on any atom is -0.485 e. The number of halogens is 3. The molecule has 0 spiro atoms. The maximum absolute atomic E-state index is 13.2. The number of nitrogens with two attached hydrogens (primary N) is 1. The van der Waals surface area contributed by atoms with Gasteiger partial charge in [0.2, 0.25) is 5.91 Å². The zero-order valence-corrected chi connectivity index (χ0v) is 24.7. The molecule has 4 rings (SSSR count).